The Kier molecular flexibility index (Phi) is 5.09. The highest BCUT2D eigenvalue weighted by Crippen LogP contribution is 2.26. The molecule has 0 radical (unpaired) electrons. The van der Waals surface area contributed by atoms with Crippen molar-refractivity contribution in [2.75, 3.05) is 5.32 Å². The van der Waals surface area contributed by atoms with Gasteiger partial charge in [0.25, 0.3) is 5.91 Å². The zero-order valence-corrected chi connectivity index (χ0v) is 14.9. The number of anilines is 1. The molecule has 1 aromatic carbocycles. The molecule has 0 bridgehead atoms. The normalized spacial score (nSPS) is 11.1. The number of aryl methyl sites for hydroxylation is 1. The third-order valence-electron chi connectivity index (χ3n) is 3.86. The van der Waals surface area contributed by atoms with E-state index in [1.54, 1.807) is 42.6 Å². The highest BCUT2D eigenvalue weighted by atomic mass is 32.2. The molecular formula is C19H17N3O3S. The lowest BCUT2D eigenvalue weighted by molar-refractivity contribution is 0.102. The minimum absolute atomic E-state index is 0.132. The van der Waals surface area contributed by atoms with Gasteiger partial charge in [-0.15, -0.1) is 0 Å². The van der Waals surface area contributed by atoms with Crippen LogP contribution in [0.2, 0.25) is 0 Å². The molecule has 132 valence electrons. The van der Waals surface area contributed by atoms with Gasteiger partial charge >= 0.3 is 0 Å². The van der Waals surface area contributed by atoms with E-state index in [0.29, 0.717) is 17.8 Å². The van der Waals surface area contributed by atoms with E-state index in [4.69, 9.17) is 0 Å². The summed E-state index contributed by atoms with van der Waals surface area (Å²) < 4.78 is 25.4. The van der Waals surface area contributed by atoms with Gasteiger partial charge in [-0.05, 0) is 54.4 Å². The molecule has 0 spiro atoms. The smallest absolute Gasteiger partial charge is 0.274 e. The van der Waals surface area contributed by atoms with Crippen LogP contribution in [0.1, 0.15) is 23.0 Å². The number of amides is 1. The molecule has 2 aromatic heterocycles. The zero-order valence-electron chi connectivity index (χ0n) is 14.1. The van der Waals surface area contributed by atoms with Crippen LogP contribution in [0.4, 0.5) is 5.69 Å². The number of benzene rings is 1. The van der Waals surface area contributed by atoms with Gasteiger partial charge in [0.2, 0.25) is 9.84 Å². The van der Waals surface area contributed by atoms with Gasteiger partial charge in [-0.2, -0.15) is 0 Å². The molecule has 0 saturated heterocycles. The second-order valence-electron chi connectivity index (χ2n) is 5.53. The molecule has 6 nitrogen and oxygen atoms in total. The van der Waals surface area contributed by atoms with E-state index in [1.165, 1.54) is 24.5 Å². The lowest BCUT2D eigenvalue weighted by atomic mass is 10.1. The monoisotopic (exact) mass is 367 g/mol. The van der Waals surface area contributed by atoms with Crippen molar-refractivity contribution in [2.24, 2.45) is 0 Å². The summed E-state index contributed by atoms with van der Waals surface area (Å²) in [5.41, 5.74) is 1.58. The second-order valence-corrected chi connectivity index (χ2v) is 7.48. The summed E-state index contributed by atoms with van der Waals surface area (Å²) in [6, 6.07) is 12.8. The SMILES string of the molecule is CCc1cc(S(=O)(=O)c2cccnc2)ccc1NC(=O)c1ccccn1. The van der Waals surface area contributed by atoms with Crippen molar-refractivity contribution in [1.82, 2.24) is 9.97 Å². The van der Waals surface area contributed by atoms with Crippen LogP contribution < -0.4 is 5.32 Å². The number of aromatic nitrogens is 2. The molecule has 0 fully saturated rings. The molecule has 0 unspecified atom stereocenters. The van der Waals surface area contributed by atoms with Gasteiger partial charge < -0.3 is 5.32 Å². The number of hydrogen-bond donors (Lipinski definition) is 1. The molecule has 0 atom stereocenters. The number of pyridine rings is 2. The quantitative estimate of drug-likeness (QED) is 0.748. The lowest BCUT2D eigenvalue weighted by Crippen LogP contribution is -2.15. The first kappa shape index (κ1) is 17.8. The fourth-order valence-electron chi connectivity index (χ4n) is 2.48. The minimum Gasteiger partial charge on any atom is -0.320 e. The Morgan fingerprint density at radius 3 is 2.54 bits per heavy atom. The number of nitrogens with zero attached hydrogens (tertiary/aromatic N) is 2. The van der Waals surface area contributed by atoms with E-state index in [0.717, 1.165) is 5.56 Å². The molecule has 0 aliphatic rings. The van der Waals surface area contributed by atoms with E-state index in [1.807, 2.05) is 6.92 Å². The van der Waals surface area contributed by atoms with Crippen LogP contribution in [0.15, 0.2) is 76.9 Å². The predicted molar refractivity (Wildman–Crippen MR) is 97.7 cm³/mol. The average Bonchev–Trinajstić information content (AvgIpc) is 2.69. The largest absolute Gasteiger partial charge is 0.320 e. The summed E-state index contributed by atoms with van der Waals surface area (Å²) in [5.74, 6) is -0.344. The first-order valence-electron chi connectivity index (χ1n) is 8.03. The van der Waals surface area contributed by atoms with E-state index < -0.39 is 9.84 Å². The van der Waals surface area contributed by atoms with Crippen LogP contribution in [-0.4, -0.2) is 24.3 Å². The van der Waals surface area contributed by atoms with Crippen molar-refractivity contribution >= 4 is 21.4 Å². The molecular weight excluding hydrogens is 350 g/mol. The Bertz CT molecular complexity index is 1020. The fourth-order valence-corrected chi connectivity index (χ4v) is 3.75. The molecule has 1 amide bonds. The maximum Gasteiger partial charge on any atom is 0.274 e. The van der Waals surface area contributed by atoms with Crippen molar-refractivity contribution in [3.05, 3.63) is 78.4 Å². The summed E-state index contributed by atoms with van der Waals surface area (Å²) in [5, 5.41) is 2.79. The van der Waals surface area contributed by atoms with Crippen LogP contribution in [0, 0.1) is 0 Å². The Morgan fingerprint density at radius 1 is 1.04 bits per heavy atom. The molecule has 1 N–H and O–H groups in total. The van der Waals surface area contributed by atoms with Crippen LogP contribution in [0.3, 0.4) is 0 Å². The molecule has 3 rings (SSSR count). The van der Waals surface area contributed by atoms with Crippen molar-refractivity contribution in [1.29, 1.82) is 0 Å². The third kappa shape index (κ3) is 3.62. The van der Waals surface area contributed by atoms with E-state index >= 15 is 0 Å². The summed E-state index contributed by atoms with van der Waals surface area (Å²) in [7, 11) is -3.66. The van der Waals surface area contributed by atoms with Crippen LogP contribution in [-0.2, 0) is 16.3 Å². The van der Waals surface area contributed by atoms with Crippen LogP contribution in [0.25, 0.3) is 0 Å². The number of sulfone groups is 1. The predicted octanol–water partition coefficient (Wildman–Crippen LogP) is 3.12. The van der Waals surface area contributed by atoms with Crippen molar-refractivity contribution < 1.29 is 13.2 Å². The van der Waals surface area contributed by atoms with Crippen molar-refractivity contribution in [2.45, 2.75) is 23.1 Å². The fraction of sp³-hybridized carbons (Fsp3) is 0.105. The van der Waals surface area contributed by atoms with Crippen LogP contribution in [0.5, 0.6) is 0 Å². The van der Waals surface area contributed by atoms with Crippen molar-refractivity contribution in [3.63, 3.8) is 0 Å². The maximum atomic E-state index is 12.7. The van der Waals surface area contributed by atoms with E-state index in [2.05, 4.69) is 15.3 Å². The Balaban J connectivity index is 1.92. The first-order chi connectivity index (χ1) is 12.5. The number of nitrogens with one attached hydrogen (secondary N) is 1. The summed E-state index contributed by atoms with van der Waals surface area (Å²) in [6.45, 7) is 1.90. The van der Waals surface area contributed by atoms with E-state index in [-0.39, 0.29) is 15.7 Å². The zero-order chi connectivity index (χ0) is 18.6. The van der Waals surface area contributed by atoms with E-state index in [9.17, 15) is 13.2 Å². The van der Waals surface area contributed by atoms with Gasteiger partial charge in [0.15, 0.2) is 0 Å². The molecule has 26 heavy (non-hydrogen) atoms. The molecule has 0 aliphatic carbocycles. The van der Waals surface area contributed by atoms with Gasteiger partial charge in [-0.1, -0.05) is 13.0 Å². The number of rotatable bonds is 5. The Morgan fingerprint density at radius 2 is 1.88 bits per heavy atom. The number of carbonyl (C=O) groups is 1. The third-order valence-corrected chi connectivity index (χ3v) is 5.59. The topological polar surface area (TPSA) is 89.0 Å². The minimum atomic E-state index is -3.66. The molecule has 0 saturated carbocycles. The summed E-state index contributed by atoms with van der Waals surface area (Å²) in [4.78, 5) is 20.5. The first-order valence-corrected chi connectivity index (χ1v) is 9.51. The molecule has 0 aliphatic heterocycles. The van der Waals surface area contributed by atoms with Gasteiger partial charge in [-0.3, -0.25) is 14.8 Å². The highest BCUT2D eigenvalue weighted by molar-refractivity contribution is 7.91. The van der Waals surface area contributed by atoms with Crippen molar-refractivity contribution in [3.8, 4) is 0 Å². The average molecular weight is 367 g/mol. The van der Waals surface area contributed by atoms with Gasteiger partial charge in [0, 0.05) is 24.3 Å². The Labute approximate surface area is 151 Å². The standard InChI is InChI=1S/C19H17N3O3S/c1-2-14-12-15(26(24,25)16-6-5-10-20-13-16)8-9-17(14)22-19(23)18-7-3-4-11-21-18/h3-13H,2H2,1H3,(H,22,23). The maximum absolute atomic E-state index is 12.7. The van der Waals surface area contributed by atoms with Crippen LogP contribution >= 0.6 is 0 Å². The molecule has 3 aromatic rings. The highest BCUT2D eigenvalue weighted by Gasteiger charge is 2.19. The lowest BCUT2D eigenvalue weighted by Gasteiger charge is -2.12. The van der Waals surface area contributed by atoms with Gasteiger partial charge in [-0.25, -0.2) is 8.42 Å². The van der Waals surface area contributed by atoms with Gasteiger partial charge in [0.1, 0.15) is 5.69 Å². The van der Waals surface area contributed by atoms with Gasteiger partial charge in [0.05, 0.1) is 9.79 Å². The molecule has 2 heterocycles. The summed E-state index contributed by atoms with van der Waals surface area (Å²) >= 11 is 0. The summed E-state index contributed by atoms with van der Waals surface area (Å²) in [6.07, 6.45) is 4.94. The molecule has 7 heteroatoms. The Hall–Kier alpha value is -3.06. The number of hydrogen-bond acceptors (Lipinski definition) is 5. The number of carbonyl (C=O) groups excluding carboxylic acids is 1. The second kappa shape index (κ2) is 7.45.